The third kappa shape index (κ3) is 6.82. The highest BCUT2D eigenvalue weighted by Crippen LogP contribution is 2.33. The molecule has 1 atom stereocenters. The molecule has 4 rings (SSSR count). The van der Waals surface area contributed by atoms with E-state index in [1.807, 2.05) is 42.5 Å². The Bertz CT molecular complexity index is 1500. The monoisotopic (exact) mass is 531 g/mol. The molecular weight excluding hydrogens is 511 g/mol. The van der Waals surface area contributed by atoms with Gasteiger partial charge >= 0.3 is 12.1 Å². The van der Waals surface area contributed by atoms with E-state index in [-0.39, 0.29) is 11.7 Å². The number of aliphatic carboxylic acids is 1. The Morgan fingerprint density at radius 2 is 1.68 bits per heavy atom. The Morgan fingerprint density at radius 1 is 1.03 bits per heavy atom. The molecule has 5 N–H and O–H groups in total. The SMILES string of the molecule is CS(=O)c1cc(-c2cc(C(=O)Nc3ccccc3)cc3ccc(C(=N)N)cc23)co1.O=C(O)C(F)(F)F. The van der Waals surface area contributed by atoms with Crippen LogP contribution in [0.3, 0.4) is 0 Å². The third-order valence-electron chi connectivity index (χ3n) is 4.97. The van der Waals surface area contributed by atoms with Crippen LogP contribution in [0, 0.1) is 5.41 Å². The lowest BCUT2D eigenvalue weighted by Crippen LogP contribution is -2.21. The van der Waals surface area contributed by atoms with Gasteiger partial charge in [0.25, 0.3) is 5.91 Å². The fraction of sp³-hybridized carbons (Fsp3) is 0.0800. The van der Waals surface area contributed by atoms with Crippen LogP contribution in [-0.4, -0.2) is 39.5 Å². The number of anilines is 1. The number of hydrogen-bond acceptors (Lipinski definition) is 5. The lowest BCUT2D eigenvalue weighted by molar-refractivity contribution is -0.192. The number of rotatable bonds is 5. The molecule has 0 saturated heterocycles. The topological polar surface area (TPSA) is 146 Å². The first-order chi connectivity index (χ1) is 17.4. The predicted molar refractivity (Wildman–Crippen MR) is 133 cm³/mol. The third-order valence-corrected chi connectivity index (χ3v) is 5.75. The predicted octanol–water partition coefficient (Wildman–Crippen LogP) is 5.01. The number of carbonyl (C=O) groups is 2. The minimum Gasteiger partial charge on any atom is -0.475 e. The lowest BCUT2D eigenvalue weighted by atomic mass is 9.95. The van der Waals surface area contributed by atoms with E-state index in [1.165, 1.54) is 12.5 Å². The summed E-state index contributed by atoms with van der Waals surface area (Å²) in [6, 6.07) is 19.8. The van der Waals surface area contributed by atoms with E-state index in [0.717, 1.165) is 16.3 Å². The minimum atomic E-state index is -5.08. The maximum atomic E-state index is 12.9. The number of para-hydroxylation sites is 1. The number of carbonyl (C=O) groups excluding carboxylic acids is 1. The van der Waals surface area contributed by atoms with Gasteiger partial charge < -0.3 is 20.6 Å². The van der Waals surface area contributed by atoms with E-state index < -0.39 is 22.9 Å². The highest BCUT2D eigenvalue weighted by Gasteiger charge is 2.38. The molecule has 37 heavy (non-hydrogen) atoms. The zero-order valence-electron chi connectivity index (χ0n) is 19.1. The largest absolute Gasteiger partial charge is 0.490 e. The molecule has 1 aromatic heterocycles. The summed E-state index contributed by atoms with van der Waals surface area (Å²) in [6.07, 6.45) is -2.02. The summed E-state index contributed by atoms with van der Waals surface area (Å²) in [7, 11) is -1.27. The van der Waals surface area contributed by atoms with Crippen LogP contribution in [0.15, 0.2) is 82.5 Å². The van der Waals surface area contributed by atoms with Gasteiger partial charge in [-0.2, -0.15) is 13.2 Å². The highest BCUT2D eigenvalue weighted by molar-refractivity contribution is 7.84. The number of nitrogens with one attached hydrogen (secondary N) is 2. The maximum Gasteiger partial charge on any atom is 0.490 e. The number of benzene rings is 3. The molecule has 1 heterocycles. The van der Waals surface area contributed by atoms with Gasteiger partial charge in [-0.25, -0.2) is 4.79 Å². The van der Waals surface area contributed by atoms with E-state index in [4.69, 9.17) is 25.5 Å². The molecular formula is C25H20F3N3O5S. The summed E-state index contributed by atoms with van der Waals surface area (Å²) in [5.74, 6) is -3.05. The van der Waals surface area contributed by atoms with Gasteiger partial charge in [0.05, 0.1) is 17.1 Å². The molecule has 0 aliphatic heterocycles. The molecule has 1 amide bonds. The van der Waals surface area contributed by atoms with E-state index in [2.05, 4.69) is 5.32 Å². The van der Waals surface area contributed by atoms with Gasteiger partial charge in [-0.3, -0.25) is 14.4 Å². The molecule has 0 aliphatic rings. The van der Waals surface area contributed by atoms with Crippen molar-refractivity contribution in [1.82, 2.24) is 0 Å². The first-order valence-corrected chi connectivity index (χ1v) is 11.9. The van der Waals surface area contributed by atoms with E-state index in [0.29, 0.717) is 27.5 Å². The van der Waals surface area contributed by atoms with Crippen LogP contribution in [0.1, 0.15) is 15.9 Å². The Kier molecular flexibility index (Phi) is 8.13. The number of halogens is 3. The first-order valence-electron chi connectivity index (χ1n) is 10.4. The van der Waals surface area contributed by atoms with Crippen molar-refractivity contribution in [3.63, 3.8) is 0 Å². The second kappa shape index (κ2) is 11.1. The molecule has 1 unspecified atom stereocenters. The van der Waals surface area contributed by atoms with Crippen LogP contribution in [0.25, 0.3) is 21.9 Å². The zero-order valence-corrected chi connectivity index (χ0v) is 19.9. The van der Waals surface area contributed by atoms with Crippen molar-refractivity contribution in [2.45, 2.75) is 11.3 Å². The number of hydrogen-bond donors (Lipinski definition) is 4. The number of amidine groups is 1. The molecule has 0 saturated carbocycles. The summed E-state index contributed by atoms with van der Waals surface area (Å²) in [5, 5.41) is 19.7. The van der Waals surface area contributed by atoms with Crippen molar-refractivity contribution in [1.29, 1.82) is 5.41 Å². The fourth-order valence-corrected chi connectivity index (χ4v) is 3.71. The summed E-state index contributed by atoms with van der Waals surface area (Å²) >= 11 is 0. The van der Waals surface area contributed by atoms with Crippen molar-refractivity contribution in [2.24, 2.45) is 5.73 Å². The van der Waals surface area contributed by atoms with Gasteiger partial charge in [0, 0.05) is 34.7 Å². The second-order valence-corrected chi connectivity index (χ2v) is 8.92. The van der Waals surface area contributed by atoms with E-state index >= 15 is 0 Å². The van der Waals surface area contributed by atoms with E-state index in [1.54, 1.807) is 24.3 Å². The van der Waals surface area contributed by atoms with Gasteiger partial charge in [0.2, 0.25) is 0 Å². The Hall–Kier alpha value is -4.45. The van der Waals surface area contributed by atoms with Crippen molar-refractivity contribution in [3.8, 4) is 11.1 Å². The molecule has 8 nitrogen and oxygen atoms in total. The number of alkyl halides is 3. The first kappa shape index (κ1) is 27.1. The number of furan rings is 1. The number of fused-ring (bicyclic) bond motifs is 1. The van der Waals surface area contributed by atoms with Gasteiger partial charge in [-0.15, -0.1) is 0 Å². The molecule has 0 bridgehead atoms. The molecule has 0 aliphatic carbocycles. The van der Waals surface area contributed by atoms with Crippen LogP contribution >= 0.6 is 0 Å². The molecule has 0 fully saturated rings. The van der Waals surface area contributed by atoms with Crippen LogP contribution < -0.4 is 11.1 Å². The maximum absolute atomic E-state index is 12.9. The molecule has 4 aromatic rings. The molecule has 3 aromatic carbocycles. The quantitative estimate of drug-likeness (QED) is 0.210. The minimum absolute atomic E-state index is 0.0451. The standard InChI is InChI=1S/C23H19N3O3S.C2HF3O2/c1-30(28)21-12-17(13-29-21)20-11-16(23(27)26-18-5-3-2-4-6-18)9-14-7-8-15(22(24)25)10-19(14)20;3-2(4,5)1(6)7/h2-13H,1H3,(H3,24,25)(H,26,27);(H,6,7). The van der Waals surface area contributed by atoms with Crippen molar-refractivity contribution < 1.29 is 36.5 Å². The number of amides is 1. The van der Waals surface area contributed by atoms with Crippen molar-refractivity contribution >= 4 is 45.0 Å². The number of carboxylic acids is 1. The van der Waals surface area contributed by atoms with Crippen LogP contribution in [0.4, 0.5) is 18.9 Å². The van der Waals surface area contributed by atoms with Crippen LogP contribution in [0.2, 0.25) is 0 Å². The second-order valence-electron chi connectivity index (χ2n) is 7.60. The Labute approximate surface area is 210 Å². The average molecular weight is 532 g/mol. The summed E-state index contributed by atoms with van der Waals surface area (Å²) in [5.41, 5.74) is 8.83. The average Bonchev–Trinajstić information content (AvgIpc) is 3.34. The summed E-state index contributed by atoms with van der Waals surface area (Å²) < 4.78 is 49.0. The highest BCUT2D eigenvalue weighted by atomic mass is 32.2. The summed E-state index contributed by atoms with van der Waals surface area (Å²) in [4.78, 5) is 21.8. The fourth-order valence-electron chi connectivity index (χ4n) is 3.23. The van der Waals surface area contributed by atoms with Crippen molar-refractivity contribution in [2.75, 3.05) is 11.6 Å². The van der Waals surface area contributed by atoms with Crippen LogP contribution in [-0.2, 0) is 15.6 Å². The Balaban J connectivity index is 0.000000479. The number of nitrogen functional groups attached to an aromatic ring is 1. The smallest absolute Gasteiger partial charge is 0.475 e. The van der Waals surface area contributed by atoms with Gasteiger partial charge in [0.15, 0.2) is 5.09 Å². The number of carboxylic acid groups (broad SMARTS) is 1. The molecule has 12 heteroatoms. The molecule has 0 spiro atoms. The van der Waals surface area contributed by atoms with E-state index in [9.17, 15) is 22.2 Å². The van der Waals surface area contributed by atoms with Gasteiger partial charge in [-0.05, 0) is 46.7 Å². The van der Waals surface area contributed by atoms with Gasteiger partial charge in [-0.1, -0.05) is 30.3 Å². The normalized spacial score (nSPS) is 11.8. The molecule has 0 radical (unpaired) electrons. The van der Waals surface area contributed by atoms with Crippen molar-refractivity contribution in [3.05, 3.63) is 84.1 Å². The van der Waals surface area contributed by atoms with Crippen LogP contribution in [0.5, 0.6) is 0 Å². The lowest BCUT2D eigenvalue weighted by Gasteiger charge is -2.11. The summed E-state index contributed by atoms with van der Waals surface area (Å²) in [6.45, 7) is 0. The van der Waals surface area contributed by atoms with Gasteiger partial charge in [0.1, 0.15) is 5.84 Å². The zero-order chi connectivity index (χ0) is 27.3. The Morgan fingerprint density at radius 3 is 2.22 bits per heavy atom. The molecule has 192 valence electrons. The number of nitrogens with two attached hydrogens (primary N) is 1.